The molecule has 0 bridgehead atoms. The zero-order valence-corrected chi connectivity index (χ0v) is 29.3. The molecule has 3 N–H and O–H groups in total. The first-order chi connectivity index (χ1) is 23.2. The zero-order valence-electron chi connectivity index (χ0n) is 29.3. The van der Waals surface area contributed by atoms with E-state index in [9.17, 15) is 29.1 Å². The monoisotopic (exact) mass is 679 g/mol. The van der Waals surface area contributed by atoms with Crippen LogP contribution in [0, 0.1) is 18.8 Å². The maximum atomic E-state index is 13.7. The number of aliphatic hydroxyl groups excluding tert-OH is 1. The van der Waals surface area contributed by atoms with Crippen LogP contribution in [0.2, 0.25) is 0 Å². The molecule has 49 heavy (non-hydrogen) atoms. The molecule has 3 rings (SSSR count). The van der Waals surface area contributed by atoms with E-state index < -0.39 is 18.2 Å². The average Bonchev–Trinajstić information content (AvgIpc) is 3.46. The first-order valence-corrected chi connectivity index (χ1v) is 16.5. The molecule has 12 nitrogen and oxygen atoms in total. The van der Waals surface area contributed by atoms with Crippen LogP contribution in [0.5, 0.6) is 5.75 Å². The lowest BCUT2D eigenvalue weighted by Crippen LogP contribution is -2.42. The van der Waals surface area contributed by atoms with Gasteiger partial charge in [-0.3, -0.25) is 24.5 Å². The number of carbonyl (C=O) groups is 5. The molecule has 0 spiro atoms. The van der Waals surface area contributed by atoms with Crippen LogP contribution in [0.4, 0.5) is 10.5 Å². The minimum atomic E-state index is -0.807. The van der Waals surface area contributed by atoms with Crippen LogP contribution < -0.4 is 15.4 Å². The molecule has 1 saturated heterocycles. The number of likely N-dealkylation sites (tertiary alicyclic amines) is 1. The van der Waals surface area contributed by atoms with Crippen molar-refractivity contribution in [2.24, 2.45) is 11.8 Å². The van der Waals surface area contributed by atoms with Gasteiger partial charge in [-0.15, -0.1) is 0 Å². The quantitative estimate of drug-likeness (QED) is 0.129. The summed E-state index contributed by atoms with van der Waals surface area (Å²) in [6.45, 7) is 13.3. The summed E-state index contributed by atoms with van der Waals surface area (Å²) in [5, 5.41) is 15.3. The summed E-state index contributed by atoms with van der Waals surface area (Å²) < 4.78 is 16.0. The number of aliphatic hydroxyl groups is 1. The third-order valence-electron chi connectivity index (χ3n) is 8.65. The number of ether oxygens (including phenoxy) is 3. The van der Waals surface area contributed by atoms with Crippen molar-refractivity contribution in [2.75, 3.05) is 32.2 Å². The summed E-state index contributed by atoms with van der Waals surface area (Å²) in [7, 11) is 1.31. The molecule has 0 saturated carbocycles. The Kier molecular flexibility index (Phi) is 14.4. The lowest BCUT2D eigenvalue weighted by Gasteiger charge is -2.24. The molecule has 0 aliphatic carbocycles. The normalized spacial score (nSPS) is 15.4. The third kappa shape index (κ3) is 11.2. The fourth-order valence-corrected chi connectivity index (χ4v) is 5.19. The number of Topliss-reactive ketones (excluding diaryl/α,β-unsaturated/α-hetero) is 1. The van der Waals surface area contributed by atoms with Crippen molar-refractivity contribution < 1.29 is 43.3 Å². The number of methoxy groups -OCH3 is 1. The van der Waals surface area contributed by atoms with Gasteiger partial charge in [0.15, 0.2) is 5.78 Å². The number of anilines is 1. The summed E-state index contributed by atoms with van der Waals surface area (Å²) in [5.74, 6) is -0.638. The number of amides is 3. The second kappa shape index (κ2) is 18.2. The van der Waals surface area contributed by atoms with Gasteiger partial charge in [0.05, 0.1) is 43.7 Å². The zero-order chi connectivity index (χ0) is 36.2. The lowest BCUT2D eigenvalue weighted by atomic mass is 9.96. The number of hydrogen-bond acceptors (Lipinski definition) is 9. The fraction of sp³-hybridized carbons (Fsp3) is 0.486. The van der Waals surface area contributed by atoms with Crippen LogP contribution >= 0.6 is 0 Å². The van der Waals surface area contributed by atoms with Gasteiger partial charge in [0.25, 0.3) is 5.91 Å². The van der Waals surface area contributed by atoms with E-state index in [4.69, 9.17) is 9.47 Å². The number of carbonyl (C=O) groups excluding carboxylic acids is 5. The minimum Gasteiger partial charge on any atom is -0.493 e. The number of nitrogens with one attached hydrogen (secondary N) is 2. The maximum Gasteiger partial charge on any atom is 0.411 e. The fourth-order valence-electron chi connectivity index (χ4n) is 5.19. The molecule has 2 aromatic carbocycles. The second-order valence-corrected chi connectivity index (χ2v) is 12.8. The molecule has 0 unspecified atom stereocenters. The largest absolute Gasteiger partial charge is 0.493 e. The van der Waals surface area contributed by atoms with Gasteiger partial charge in [0.1, 0.15) is 12.4 Å². The van der Waals surface area contributed by atoms with E-state index >= 15 is 0 Å². The maximum absolute atomic E-state index is 13.7. The highest BCUT2D eigenvalue weighted by Gasteiger charge is 2.33. The summed E-state index contributed by atoms with van der Waals surface area (Å²) in [6, 6.07) is 9.13. The molecule has 1 heterocycles. The summed E-state index contributed by atoms with van der Waals surface area (Å²) in [6.07, 6.45) is 0.396. The van der Waals surface area contributed by atoms with Crippen LogP contribution in [0.15, 0.2) is 48.6 Å². The number of benzene rings is 2. The van der Waals surface area contributed by atoms with E-state index in [2.05, 4.69) is 21.9 Å². The van der Waals surface area contributed by atoms with E-state index in [0.29, 0.717) is 29.7 Å². The molecule has 1 aliphatic heterocycles. The minimum absolute atomic E-state index is 0.0792. The number of aryl methyl sites for hydroxylation is 1. The third-order valence-corrected chi connectivity index (χ3v) is 8.65. The van der Waals surface area contributed by atoms with E-state index in [-0.39, 0.29) is 85.9 Å². The standard InChI is InChI=1S/C37H49N3O9/c1-22(2)25(5)35(44)38-26(6)32(42)17-27-10-12-28(13-11-27)21-49-37(46)39-31-18-33(48-14-8-9-34(43)47-7)24(4)16-30(31)36(45)40-19-23(3)15-29(40)20-41/h10-13,16,18,22,25-26,29,41H,3,8-9,14-15,17,19-21H2,1-2,4-7H3,(H,38,44)(H,39,46)/t25-,26-,29-/m0/s1. The lowest BCUT2D eigenvalue weighted by molar-refractivity contribution is -0.140. The van der Waals surface area contributed by atoms with Crippen LogP contribution in [-0.2, 0) is 36.9 Å². The van der Waals surface area contributed by atoms with Gasteiger partial charge in [0.2, 0.25) is 5.91 Å². The van der Waals surface area contributed by atoms with Crippen molar-refractivity contribution in [3.05, 3.63) is 70.8 Å². The summed E-state index contributed by atoms with van der Waals surface area (Å²) >= 11 is 0. The molecule has 12 heteroatoms. The Balaban J connectivity index is 1.67. The first-order valence-electron chi connectivity index (χ1n) is 16.5. The molecule has 0 radical (unpaired) electrons. The van der Waals surface area contributed by atoms with Gasteiger partial charge in [-0.05, 0) is 55.4 Å². The van der Waals surface area contributed by atoms with Crippen molar-refractivity contribution in [3.8, 4) is 5.75 Å². The average molecular weight is 680 g/mol. The van der Waals surface area contributed by atoms with Gasteiger partial charge in [-0.1, -0.05) is 57.2 Å². The van der Waals surface area contributed by atoms with Crippen molar-refractivity contribution >= 4 is 35.3 Å². The van der Waals surface area contributed by atoms with E-state index in [1.54, 1.807) is 50.2 Å². The van der Waals surface area contributed by atoms with Crippen LogP contribution in [0.25, 0.3) is 0 Å². The molecule has 266 valence electrons. The number of nitrogens with zero attached hydrogens (tertiary/aromatic N) is 1. The highest BCUT2D eigenvalue weighted by molar-refractivity contribution is 6.03. The summed E-state index contributed by atoms with van der Waals surface area (Å²) in [5.41, 5.74) is 3.24. The smallest absolute Gasteiger partial charge is 0.411 e. The Hall–Kier alpha value is -4.71. The van der Waals surface area contributed by atoms with Crippen molar-refractivity contribution in [1.82, 2.24) is 10.2 Å². The summed E-state index contributed by atoms with van der Waals surface area (Å²) in [4.78, 5) is 64.7. The van der Waals surface area contributed by atoms with Crippen LogP contribution in [0.3, 0.4) is 0 Å². The SMILES string of the molecule is C=C1C[C@@H](CO)N(C(=O)c2cc(C)c(OCCCC(=O)OC)cc2NC(=O)OCc2ccc(CC(=O)[C@H](C)NC(=O)[C@@H](C)C(C)C)cc2)C1. The number of esters is 1. The molecule has 3 atom stereocenters. The van der Waals surface area contributed by atoms with Gasteiger partial charge >= 0.3 is 12.1 Å². The van der Waals surface area contributed by atoms with E-state index in [1.165, 1.54) is 12.0 Å². The molecular weight excluding hydrogens is 630 g/mol. The van der Waals surface area contributed by atoms with E-state index in [0.717, 1.165) is 11.1 Å². The first kappa shape index (κ1) is 38.7. The molecular formula is C37H49N3O9. The topological polar surface area (TPSA) is 161 Å². The predicted molar refractivity (Wildman–Crippen MR) is 184 cm³/mol. The Morgan fingerprint density at radius 2 is 1.71 bits per heavy atom. The number of hydrogen-bond donors (Lipinski definition) is 3. The predicted octanol–water partition coefficient (Wildman–Crippen LogP) is 4.75. The Morgan fingerprint density at radius 1 is 1.04 bits per heavy atom. The van der Waals surface area contributed by atoms with Gasteiger partial charge in [0, 0.05) is 31.4 Å². The van der Waals surface area contributed by atoms with Gasteiger partial charge in [-0.2, -0.15) is 0 Å². The van der Waals surface area contributed by atoms with Crippen molar-refractivity contribution in [3.63, 3.8) is 0 Å². The Morgan fingerprint density at radius 3 is 2.35 bits per heavy atom. The van der Waals surface area contributed by atoms with Crippen molar-refractivity contribution in [1.29, 1.82) is 0 Å². The number of rotatable bonds is 16. The molecule has 3 amide bonds. The van der Waals surface area contributed by atoms with Crippen LogP contribution in [-0.4, -0.2) is 78.6 Å². The van der Waals surface area contributed by atoms with Gasteiger partial charge < -0.3 is 29.5 Å². The molecule has 1 aliphatic rings. The van der Waals surface area contributed by atoms with Crippen LogP contribution in [0.1, 0.15) is 74.0 Å². The molecule has 0 aromatic heterocycles. The van der Waals surface area contributed by atoms with Crippen molar-refractivity contribution in [2.45, 2.75) is 79.0 Å². The molecule has 2 aromatic rings. The Bertz CT molecular complexity index is 1520. The Labute approximate surface area is 288 Å². The van der Waals surface area contributed by atoms with Gasteiger partial charge in [-0.25, -0.2) is 4.79 Å². The highest BCUT2D eigenvalue weighted by atomic mass is 16.5. The molecule has 1 fully saturated rings. The number of ketones is 1. The van der Waals surface area contributed by atoms with E-state index in [1.807, 2.05) is 20.8 Å². The highest BCUT2D eigenvalue weighted by Crippen LogP contribution is 2.31. The second-order valence-electron chi connectivity index (χ2n) is 12.8.